The molecule has 0 aromatic heterocycles. The fraction of sp³-hybridized carbons (Fsp3) is 0.873. The first-order chi connectivity index (χ1) is 44.2. The maximum absolute atomic E-state index is 13.1. The summed E-state index contributed by atoms with van der Waals surface area (Å²) < 4.78 is 16.7. The van der Waals surface area contributed by atoms with Crippen molar-refractivity contribution in [2.24, 2.45) is 0 Å². The van der Waals surface area contributed by atoms with Crippen LogP contribution in [0.5, 0.6) is 0 Å². The summed E-state index contributed by atoms with van der Waals surface area (Å²) in [6.07, 6.45) is 80.0. The molecule has 11 nitrogen and oxygen atoms in total. The van der Waals surface area contributed by atoms with E-state index in [9.17, 15) is 35.1 Å². The fourth-order valence-corrected chi connectivity index (χ4v) is 12.3. The van der Waals surface area contributed by atoms with Gasteiger partial charge in [-0.2, -0.15) is 0 Å². The van der Waals surface area contributed by atoms with Crippen LogP contribution < -0.4 is 5.32 Å². The number of nitrogens with one attached hydrogen (secondary N) is 1. The molecule has 1 amide bonds. The zero-order valence-electron chi connectivity index (χ0n) is 58.9. The van der Waals surface area contributed by atoms with Crippen LogP contribution in [0.15, 0.2) is 48.6 Å². The molecule has 1 heterocycles. The first-order valence-corrected chi connectivity index (χ1v) is 38.9. The average Bonchev–Trinajstić information content (AvgIpc) is 1.01. The Balaban J connectivity index is 1.91. The molecule has 528 valence electrons. The SMILES string of the molecule is CCCCCCCC/C=C/CC/C=C/C(O)C(COC1OC(CO)C(O)C(O)C1O)NC(=O)CCCCCCCCCCCCCCCCCCC/C=C\C/C=C\CCCCCCCCCCCCCCCCCOC(=O)CCCCCCCCCCCCC. The van der Waals surface area contributed by atoms with Crippen LogP contribution in [0.2, 0.25) is 0 Å². The number of ether oxygens (including phenoxy) is 3. The van der Waals surface area contributed by atoms with Gasteiger partial charge in [0.1, 0.15) is 24.4 Å². The second-order valence-electron chi connectivity index (χ2n) is 27.1. The predicted octanol–water partition coefficient (Wildman–Crippen LogP) is 20.7. The molecule has 0 aliphatic carbocycles. The molecule has 0 bridgehead atoms. The molecule has 1 rings (SSSR count). The van der Waals surface area contributed by atoms with Crippen molar-refractivity contribution in [3.05, 3.63) is 48.6 Å². The summed E-state index contributed by atoms with van der Waals surface area (Å²) in [5.41, 5.74) is 0. The molecule has 1 aliphatic heterocycles. The number of carbonyl (C=O) groups is 2. The predicted molar refractivity (Wildman–Crippen MR) is 380 cm³/mol. The maximum atomic E-state index is 13.1. The van der Waals surface area contributed by atoms with Gasteiger partial charge in [0.05, 0.1) is 32.0 Å². The van der Waals surface area contributed by atoms with E-state index in [0.717, 1.165) is 57.8 Å². The topological polar surface area (TPSA) is 175 Å². The van der Waals surface area contributed by atoms with E-state index in [1.807, 2.05) is 6.08 Å². The van der Waals surface area contributed by atoms with Crippen LogP contribution >= 0.6 is 0 Å². The van der Waals surface area contributed by atoms with Gasteiger partial charge < -0.3 is 45.1 Å². The van der Waals surface area contributed by atoms with E-state index in [4.69, 9.17) is 14.2 Å². The van der Waals surface area contributed by atoms with Crippen molar-refractivity contribution in [1.29, 1.82) is 0 Å². The molecule has 0 saturated carbocycles. The first-order valence-electron chi connectivity index (χ1n) is 38.9. The minimum absolute atomic E-state index is 0.0144. The summed E-state index contributed by atoms with van der Waals surface area (Å²) in [5, 5.41) is 54.5. The lowest BCUT2D eigenvalue weighted by Gasteiger charge is -2.40. The number of aliphatic hydroxyl groups is 5. The van der Waals surface area contributed by atoms with Crippen LogP contribution in [0.4, 0.5) is 0 Å². The van der Waals surface area contributed by atoms with E-state index >= 15 is 0 Å². The molecule has 7 unspecified atom stereocenters. The minimum atomic E-state index is -1.58. The Morgan fingerprint density at radius 2 is 0.756 bits per heavy atom. The van der Waals surface area contributed by atoms with Crippen LogP contribution in [0.25, 0.3) is 0 Å². The first kappa shape index (κ1) is 85.6. The largest absolute Gasteiger partial charge is 0.466 e. The van der Waals surface area contributed by atoms with Crippen LogP contribution in [0.1, 0.15) is 380 Å². The summed E-state index contributed by atoms with van der Waals surface area (Å²) in [7, 11) is 0. The highest BCUT2D eigenvalue weighted by atomic mass is 16.7. The van der Waals surface area contributed by atoms with E-state index in [1.54, 1.807) is 6.08 Å². The average molecular weight is 1270 g/mol. The van der Waals surface area contributed by atoms with E-state index in [0.29, 0.717) is 19.4 Å². The maximum Gasteiger partial charge on any atom is 0.305 e. The zero-order chi connectivity index (χ0) is 65.1. The molecule has 7 atom stereocenters. The Morgan fingerprint density at radius 1 is 0.411 bits per heavy atom. The molecule has 0 radical (unpaired) electrons. The van der Waals surface area contributed by atoms with E-state index < -0.39 is 49.5 Å². The molecule has 1 aliphatic rings. The number of aliphatic hydroxyl groups excluding tert-OH is 5. The summed E-state index contributed by atoms with van der Waals surface area (Å²) >= 11 is 0. The number of hydrogen-bond acceptors (Lipinski definition) is 10. The second kappa shape index (κ2) is 68.0. The van der Waals surface area contributed by atoms with Gasteiger partial charge in [-0.15, -0.1) is 0 Å². The van der Waals surface area contributed by atoms with Crippen molar-refractivity contribution >= 4 is 11.9 Å². The van der Waals surface area contributed by atoms with Gasteiger partial charge >= 0.3 is 5.97 Å². The Morgan fingerprint density at radius 3 is 1.17 bits per heavy atom. The highest BCUT2D eigenvalue weighted by Crippen LogP contribution is 2.24. The quantitative estimate of drug-likeness (QED) is 0.0195. The van der Waals surface area contributed by atoms with Gasteiger partial charge in [-0.25, -0.2) is 0 Å². The van der Waals surface area contributed by atoms with Crippen molar-refractivity contribution in [2.75, 3.05) is 19.8 Å². The lowest BCUT2D eigenvalue weighted by Crippen LogP contribution is -2.60. The third-order valence-electron chi connectivity index (χ3n) is 18.4. The number of unbranched alkanes of at least 4 members (excludes halogenated alkanes) is 49. The van der Waals surface area contributed by atoms with Crippen molar-refractivity contribution in [2.45, 2.75) is 423 Å². The van der Waals surface area contributed by atoms with Gasteiger partial charge in [0.25, 0.3) is 0 Å². The third-order valence-corrected chi connectivity index (χ3v) is 18.4. The smallest absolute Gasteiger partial charge is 0.305 e. The van der Waals surface area contributed by atoms with Gasteiger partial charge in [-0.3, -0.25) is 9.59 Å². The van der Waals surface area contributed by atoms with Gasteiger partial charge in [-0.05, 0) is 77.0 Å². The summed E-state index contributed by atoms with van der Waals surface area (Å²) in [6.45, 7) is 4.35. The number of amides is 1. The van der Waals surface area contributed by atoms with Crippen molar-refractivity contribution < 1.29 is 49.3 Å². The molecule has 0 aromatic carbocycles. The van der Waals surface area contributed by atoms with Gasteiger partial charge in [0, 0.05) is 12.8 Å². The Kier molecular flexibility index (Phi) is 64.7. The molecule has 1 saturated heterocycles. The number of allylic oxidation sites excluding steroid dienone is 7. The Bertz CT molecular complexity index is 1630. The molecule has 0 spiro atoms. The lowest BCUT2D eigenvalue weighted by molar-refractivity contribution is -0.302. The summed E-state index contributed by atoms with van der Waals surface area (Å²) in [6, 6.07) is -0.825. The van der Waals surface area contributed by atoms with Crippen LogP contribution in [0, 0.1) is 0 Å². The lowest BCUT2D eigenvalue weighted by atomic mass is 9.99. The highest BCUT2D eigenvalue weighted by Gasteiger charge is 2.44. The molecule has 1 fully saturated rings. The van der Waals surface area contributed by atoms with Gasteiger partial charge in [0.2, 0.25) is 5.91 Å². The molecular weight excluding hydrogens is 1120 g/mol. The number of esters is 1. The van der Waals surface area contributed by atoms with Crippen molar-refractivity contribution in [1.82, 2.24) is 5.32 Å². The van der Waals surface area contributed by atoms with Gasteiger partial charge in [0.15, 0.2) is 6.29 Å². The monoisotopic (exact) mass is 1270 g/mol. The Labute approximate surface area is 555 Å². The normalized spacial score (nSPS) is 17.9. The zero-order valence-corrected chi connectivity index (χ0v) is 58.9. The molecular formula is C79H147NO10. The third kappa shape index (κ3) is 56.0. The molecule has 90 heavy (non-hydrogen) atoms. The molecule has 11 heteroatoms. The van der Waals surface area contributed by atoms with E-state index in [1.165, 1.54) is 295 Å². The highest BCUT2D eigenvalue weighted by molar-refractivity contribution is 5.76. The van der Waals surface area contributed by atoms with Crippen LogP contribution in [-0.4, -0.2) is 100 Å². The summed E-state index contributed by atoms with van der Waals surface area (Å²) in [5.74, 6) is -0.174. The molecule has 6 N–H and O–H groups in total. The van der Waals surface area contributed by atoms with Gasteiger partial charge in [-0.1, -0.05) is 339 Å². The standard InChI is InChI=1S/C79H147NO10/c1-3-5-7-9-11-13-15-46-49-53-57-61-65-72(82)71(70-89-79-78(87)77(86)76(85)73(69-81)90-79)80-74(83)66-62-58-54-50-47-43-41-39-37-35-33-31-29-27-25-23-21-19-17-16-18-20-22-24-26-28-30-32-34-36-38-40-42-44-48-52-56-60-64-68-88-75(84)67-63-59-55-51-45-14-12-10-8-6-4-2/h16-17,20,22,46,49,61,65,71-73,76-79,81-82,85-87H,3-15,18-19,21,23-45,47-48,50-60,62-64,66-70H2,1-2H3,(H,80,83)/b17-16-,22-20-,49-46+,65-61+. The van der Waals surface area contributed by atoms with Crippen molar-refractivity contribution in [3.63, 3.8) is 0 Å². The van der Waals surface area contributed by atoms with Crippen LogP contribution in [0.3, 0.4) is 0 Å². The Hall–Kier alpha value is -2.38. The number of hydrogen-bond donors (Lipinski definition) is 6. The van der Waals surface area contributed by atoms with E-state index in [-0.39, 0.29) is 18.5 Å². The van der Waals surface area contributed by atoms with Crippen LogP contribution in [-0.2, 0) is 23.8 Å². The molecule has 0 aromatic rings. The fourth-order valence-electron chi connectivity index (χ4n) is 12.3. The number of rotatable bonds is 69. The minimum Gasteiger partial charge on any atom is -0.466 e. The second-order valence-corrected chi connectivity index (χ2v) is 27.1. The summed E-state index contributed by atoms with van der Waals surface area (Å²) in [4.78, 5) is 25.1. The van der Waals surface area contributed by atoms with Crippen molar-refractivity contribution in [3.8, 4) is 0 Å². The number of carbonyl (C=O) groups excluding carboxylic acids is 2. The van der Waals surface area contributed by atoms with E-state index in [2.05, 4.69) is 55.6 Å².